The fourth-order valence-corrected chi connectivity index (χ4v) is 3.05. The van der Waals surface area contributed by atoms with Gasteiger partial charge in [0.1, 0.15) is 11.0 Å². The standard InChI is InChI=1S/C20H25N7O2/c1-5-28-20-14(7-6-8-23-20)15-9-16(24-10-17(22)29-11-21)19-18(25-15)13(4)26-27(19)12(2)3/h6-9,11-12,21-22H,5,10H2,1-4H3,(H,24,25). The summed E-state index contributed by atoms with van der Waals surface area (Å²) >= 11 is 0. The first-order chi connectivity index (χ1) is 14.0. The predicted molar refractivity (Wildman–Crippen MR) is 113 cm³/mol. The zero-order chi connectivity index (χ0) is 21.0. The highest BCUT2D eigenvalue weighted by atomic mass is 16.5. The molecule has 3 aromatic heterocycles. The van der Waals surface area contributed by atoms with Crippen molar-refractivity contribution in [2.75, 3.05) is 18.5 Å². The smallest absolute Gasteiger partial charge is 0.222 e. The molecule has 0 unspecified atom stereocenters. The third kappa shape index (κ3) is 4.18. The molecular formula is C20H25N7O2. The number of fused-ring (bicyclic) bond motifs is 1. The third-order valence-corrected chi connectivity index (χ3v) is 4.28. The van der Waals surface area contributed by atoms with Gasteiger partial charge in [0.2, 0.25) is 11.8 Å². The van der Waals surface area contributed by atoms with Crippen LogP contribution < -0.4 is 10.1 Å². The van der Waals surface area contributed by atoms with Crippen molar-refractivity contribution in [1.29, 1.82) is 10.8 Å². The lowest BCUT2D eigenvalue weighted by molar-refractivity contribution is 0.328. The molecule has 3 N–H and O–H groups in total. The van der Waals surface area contributed by atoms with Gasteiger partial charge in [0, 0.05) is 12.2 Å². The highest BCUT2D eigenvalue weighted by Crippen LogP contribution is 2.34. The molecule has 29 heavy (non-hydrogen) atoms. The van der Waals surface area contributed by atoms with Crippen molar-refractivity contribution in [3.8, 4) is 17.1 Å². The predicted octanol–water partition coefficient (Wildman–Crippen LogP) is 3.79. The molecule has 9 heteroatoms. The summed E-state index contributed by atoms with van der Waals surface area (Å²) in [5, 5.41) is 22.7. The second kappa shape index (κ2) is 8.68. The fraction of sp³-hybridized carbons (Fsp3) is 0.350. The van der Waals surface area contributed by atoms with Crippen molar-refractivity contribution in [3.05, 3.63) is 30.1 Å². The van der Waals surface area contributed by atoms with Crippen molar-refractivity contribution in [1.82, 2.24) is 19.7 Å². The molecule has 3 aromatic rings. The van der Waals surface area contributed by atoms with Gasteiger partial charge in [-0.2, -0.15) is 5.10 Å². The Kier molecular flexibility index (Phi) is 6.06. The monoisotopic (exact) mass is 395 g/mol. The SMILES string of the molecule is CCOc1ncccc1-c1cc(NCC(=N)OC=N)c2c(n1)c(C)nn2C(C)C. The van der Waals surface area contributed by atoms with Gasteiger partial charge in [-0.05, 0) is 45.9 Å². The molecule has 0 spiro atoms. The Bertz CT molecular complexity index is 1040. The van der Waals surface area contributed by atoms with Crippen LogP contribution in [0.5, 0.6) is 5.88 Å². The average molecular weight is 395 g/mol. The lowest BCUT2D eigenvalue weighted by Crippen LogP contribution is -2.16. The number of ether oxygens (including phenoxy) is 2. The molecule has 0 aliphatic rings. The van der Waals surface area contributed by atoms with Gasteiger partial charge < -0.3 is 14.8 Å². The van der Waals surface area contributed by atoms with Gasteiger partial charge in [-0.1, -0.05) is 0 Å². The summed E-state index contributed by atoms with van der Waals surface area (Å²) in [6.45, 7) is 8.57. The van der Waals surface area contributed by atoms with Crippen molar-refractivity contribution in [3.63, 3.8) is 0 Å². The summed E-state index contributed by atoms with van der Waals surface area (Å²) in [6.07, 6.45) is 2.42. The minimum atomic E-state index is -0.0600. The van der Waals surface area contributed by atoms with Gasteiger partial charge in [0.25, 0.3) is 0 Å². The molecule has 0 amide bonds. The average Bonchev–Trinajstić information content (AvgIpc) is 3.04. The van der Waals surface area contributed by atoms with E-state index in [1.165, 1.54) is 0 Å². The summed E-state index contributed by atoms with van der Waals surface area (Å²) in [4.78, 5) is 9.18. The van der Waals surface area contributed by atoms with Crippen LogP contribution in [-0.2, 0) is 4.74 Å². The Hall–Kier alpha value is -3.49. The van der Waals surface area contributed by atoms with Crippen LogP contribution in [0.25, 0.3) is 22.3 Å². The molecule has 0 bridgehead atoms. The Morgan fingerprint density at radius 3 is 2.86 bits per heavy atom. The molecule has 3 heterocycles. The van der Waals surface area contributed by atoms with Crippen LogP contribution in [0.1, 0.15) is 32.5 Å². The third-order valence-electron chi connectivity index (χ3n) is 4.28. The first kappa shape index (κ1) is 20.2. The van der Waals surface area contributed by atoms with Gasteiger partial charge >= 0.3 is 0 Å². The first-order valence-electron chi connectivity index (χ1n) is 9.41. The summed E-state index contributed by atoms with van der Waals surface area (Å²) in [5.41, 5.74) is 4.68. The molecule has 9 nitrogen and oxygen atoms in total. The largest absolute Gasteiger partial charge is 0.477 e. The summed E-state index contributed by atoms with van der Waals surface area (Å²) in [5.74, 6) is 0.455. The summed E-state index contributed by atoms with van der Waals surface area (Å²) in [6, 6.07) is 5.79. The number of nitrogens with one attached hydrogen (secondary N) is 3. The number of hydrogen-bond acceptors (Lipinski definition) is 8. The lowest BCUT2D eigenvalue weighted by atomic mass is 10.1. The Labute approximate surface area is 169 Å². The molecule has 152 valence electrons. The van der Waals surface area contributed by atoms with Gasteiger partial charge in [0.05, 0.1) is 35.8 Å². The van der Waals surface area contributed by atoms with Crippen molar-refractivity contribution < 1.29 is 9.47 Å². The van der Waals surface area contributed by atoms with Gasteiger partial charge in [-0.3, -0.25) is 15.5 Å². The van der Waals surface area contributed by atoms with Crippen LogP contribution in [0.2, 0.25) is 0 Å². The molecule has 0 aliphatic carbocycles. The Morgan fingerprint density at radius 1 is 1.38 bits per heavy atom. The number of hydrogen-bond donors (Lipinski definition) is 3. The van der Waals surface area contributed by atoms with E-state index in [4.69, 9.17) is 25.3 Å². The van der Waals surface area contributed by atoms with Crippen molar-refractivity contribution >= 4 is 29.0 Å². The normalized spacial score (nSPS) is 10.9. The van der Waals surface area contributed by atoms with Gasteiger partial charge in [-0.15, -0.1) is 0 Å². The highest BCUT2D eigenvalue weighted by molar-refractivity contribution is 5.94. The minimum Gasteiger partial charge on any atom is -0.477 e. The second-order valence-electron chi connectivity index (χ2n) is 6.68. The molecule has 0 fully saturated rings. The van der Waals surface area contributed by atoms with E-state index in [1.807, 2.05) is 36.7 Å². The van der Waals surface area contributed by atoms with Crippen LogP contribution in [0.15, 0.2) is 24.4 Å². The van der Waals surface area contributed by atoms with E-state index < -0.39 is 0 Å². The maximum atomic E-state index is 7.79. The molecule has 3 rings (SSSR count). The summed E-state index contributed by atoms with van der Waals surface area (Å²) in [7, 11) is 0. The van der Waals surface area contributed by atoms with E-state index in [0.29, 0.717) is 18.2 Å². The fourth-order valence-electron chi connectivity index (χ4n) is 3.05. The van der Waals surface area contributed by atoms with E-state index in [1.54, 1.807) is 6.20 Å². The molecule has 0 saturated carbocycles. The molecular weight excluding hydrogens is 370 g/mol. The van der Waals surface area contributed by atoms with Gasteiger partial charge in [0.15, 0.2) is 6.40 Å². The maximum absolute atomic E-state index is 7.79. The van der Waals surface area contributed by atoms with E-state index in [2.05, 4.69) is 29.2 Å². The lowest BCUT2D eigenvalue weighted by Gasteiger charge is -2.15. The number of anilines is 1. The number of nitrogens with zero attached hydrogens (tertiary/aromatic N) is 4. The Morgan fingerprint density at radius 2 is 2.17 bits per heavy atom. The molecule has 0 saturated heterocycles. The van der Waals surface area contributed by atoms with E-state index in [0.717, 1.165) is 34.4 Å². The topological polar surface area (TPSA) is 122 Å². The molecule has 0 aromatic carbocycles. The van der Waals surface area contributed by atoms with Crippen molar-refractivity contribution in [2.24, 2.45) is 0 Å². The van der Waals surface area contributed by atoms with Gasteiger partial charge in [-0.25, -0.2) is 9.97 Å². The molecule has 0 atom stereocenters. The van der Waals surface area contributed by atoms with E-state index >= 15 is 0 Å². The van der Waals surface area contributed by atoms with E-state index in [-0.39, 0.29) is 18.5 Å². The first-order valence-corrected chi connectivity index (χ1v) is 9.41. The van der Waals surface area contributed by atoms with Crippen LogP contribution >= 0.6 is 0 Å². The zero-order valence-corrected chi connectivity index (χ0v) is 17.0. The summed E-state index contributed by atoms with van der Waals surface area (Å²) < 4.78 is 12.4. The van der Waals surface area contributed by atoms with Crippen molar-refractivity contribution in [2.45, 2.75) is 33.7 Å². The number of aryl methyl sites for hydroxylation is 1. The second-order valence-corrected chi connectivity index (χ2v) is 6.68. The Balaban J connectivity index is 2.17. The number of pyridine rings is 2. The van der Waals surface area contributed by atoms with Crippen LogP contribution in [0.3, 0.4) is 0 Å². The molecule has 0 aliphatic heterocycles. The zero-order valence-electron chi connectivity index (χ0n) is 17.0. The van der Waals surface area contributed by atoms with Crippen LogP contribution in [-0.4, -0.2) is 45.2 Å². The van der Waals surface area contributed by atoms with Crippen LogP contribution in [0, 0.1) is 17.7 Å². The maximum Gasteiger partial charge on any atom is 0.222 e. The quantitative estimate of drug-likeness (QED) is 0.394. The molecule has 0 radical (unpaired) electrons. The number of rotatable bonds is 8. The highest BCUT2D eigenvalue weighted by Gasteiger charge is 2.19. The van der Waals surface area contributed by atoms with E-state index in [9.17, 15) is 0 Å². The number of aromatic nitrogens is 4. The van der Waals surface area contributed by atoms with Crippen LogP contribution in [0.4, 0.5) is 5.69 Å². The minimum absolute atomic E-state index is 0.0600.